The molecule has 0 fully saturated rings. The highest BCUT2D eigenvalue weighted by molar-refractivity contribution is 6.20. The summed E-state index contributed by atoms with van der Waals surface area (Å²) in [6.45, 7) is 4.33. The van der Waals surface area contributed by atoms with E-state index in [1.807, 2.05) is 19.9 Å². The van der Waals surface area contributed by atoms with Gasteiger partial charge in [0.2, 0.25) is 0 Å². The van der Waals surface area contributed by atoms with Gasteiger partial charge >= 0.3 is 0 Å². The van der Waals surface area contributed by atoms with E-state index in [-0.39, 0.29) is 11.3 Å². The van der Waals surface area contributed by atoms with Gasteiger partial charge in [0.1, 0.15) is 5.75 Å². The average Bonchev–Trinajstić information content (AvgIpc) is 2.27. The van der Waals surface area contributed by atoms with Crippen LogP contribution in [0, 0.1) is 6.92 Å². The van der Waals surface area contributed by atoms with Crippen LogP contribution in [-0.2, 0) is 0 Å². The summed E-state index contributed by atoms with van der Waals surface area (Å²) in [5.41, 5.74) is 1.63. The predicted octanol–water partition coefficient (Wildman–Crippen LogP) is 2.70. The normalized spacial score (nSPS) is 12.1. The van der Waals surface area contributed by atoms with Gasteiger partial charge in [-0.1, -0.05) is 6.07 Å². The maximum Gasteiger partial charge on any atom is 0.253 e. The fourth-order valence-electron chi connectivity index (χ4n) is 1.63. The van der Waals surface area contributed by atoms with Crippen molar-refractivity contribution in [1.29, 1.82) is 0 Å². The van der Waals surface area contributed by atoms with Gasteiger partial charge in [-0.15, -0.1) is 11.6 Å². The molecule has 0 spiro atoms. The van der Waals surface area contributed by atoms with E-state index in [1.165, 1.54) is 0 Å². The zero-order valence-electron chi connectivity index (χ0n) is 10.7. The molecule has 1 aromatic carbocycles. The lowest BCUT2D eigenvalue weighted by Gasteiger charge is -2.19. The molecule has 0 aliphatic carbocycles. The number of rotatable bonds is 4. The van der Waals surface area contributed by atoms with Crippen molar-refractivity contribution < 1.29 is 9.53 Å². The summed E-state index contributed by atoms with van der Waals surface area (Å²) >= 11 is 5.87. The average molecular weight is 256 g/mol. The molecule has 4 heteroatoms. The molecule has 0 saturated heterocycles. The molecule has 0 N–H and O–H groups in total. The molecule has 1 atom stereocenters. The molecule has 1 rings (SSSR count). The molecule has 0 saturated carbocycles. The van der Waals surface area contributed by atoms with Crippen LogP contribution in [0.15, 0.2) is 18.2 Å². The van der Waals surface area contributed by atoms with Crippen LogP contribution in [0.2, 0.25) is 0 Å². The Balaban J connectivity index is 2.89. The van der Waals surface area contributed by atoms with E-state index in [1.54, 1.807) is 31.2 Å². The third-order valence-electron chi connectivity index (χ3n) is 2.53. The standard InChI is InChI=1S/C13H18ClNO2/c1-9-5-6-11(7-12(9)17-4)13(16)15(3)8-10(2)14/h5-7,10H,8H2,1-4H3. The lowest BCUT2D eigenvalue weighted by Crippen LogP contribution is -2.31. The van der Waals surface area contributed by atoms with E-state index in [2.05, 4.69) is 0 Å². The number of alkyl halides is 1. The van der Waals surface area contributed by atoms with Crippen LogP contribution in [0.1, 0.15) is 22.8 Å². The van der Waals surface area contributed by atoms with E-state index in [0.29, 0.717) is 12.1 Å². The van der Waals surface area contributed by atoms with Gasteiger partial charge in [0.25, 0.3) is 5.91 Å². The number of hydrogen-bond acceptors (Lipinski definition) is 2. The summed E-state index contributed by atoms with van der Waals surface area (Å²) in [6, 6.07) is 5.44. The number of carbonyl (C=O) groups is 1. The summed E-state index contributed by atoms with van der Waals surface area (Å²) in [6.07, 6.45) is 0. The minimum Gasteiger partial charge on any atom is -0.496 e. The number of hydrogen-bond donors (Lipinski definition) is 0. The van der Waals surface area contributed by atoms with E-state index < -0.39 is 0 Å². The second-order valence-electron chi connectivity index (χ2n) is 4.15. The number of amides is 1. The highest BCUT2D eigenvalue weighted by atomic mass is 35.5. The topological polar surface area (TPSA) is 29.5 Å². The first-order chi connectivity index (χ1) is 7.95. The van der Waals surface area contributed by atoms with Crippen LogP contribution in [0.25, 0.3) is 0 Å². The van der Waals surface area contributed by atoms with Crippen molar-refractivity contribution in [3.05, 3.63) is 29.3 Å². The minimum absolute atomic E-state index is 0.0456. The molecule has 0 bridgehead atoms. The zero-order chi connectivity index (χ0) is 13.0. The van der Waals surface area contributed by atoms with Gasteiger partial charge in [0.05, 0.1) is 7.11 Å². The molecule has 17 heavy (non-hydrogen) atoms. The van der Waals surface area contributed by atoms with Crippen molar-refractivity contribution in [3.63, 3.8) is 0 Å². The first-order valence-electron chi connectivity index (χ1n) is 5.50. The second-order valence-corrected chi connectivity index (χ2v) is 4.90. The van der Waals surface area contributed by atoms with E-state index in [0.717, 1.165) is 11.3 Å². The Morgan fingerprint density at radius 1 is 1.53 bits per heavy atom. The Kier molecular flexibility index (Phi) is 4.82. The number of ether oxygens (including phenoxy) is 1. The molecule has 0 aromatic heterocycles. The summed E-state index contributed by atoms with van der Waals surface area (Å²) in [4.78, 5) is 13.7. The molecule has 0 radical (unpaired) electrons. The van der Waals surface area contributed by atoms with Crippen LogP contribution in [0.5, 0.6) is 5.75 Å². The van der Waals surface area contributed by atoms with Crippen LogP contribution < -0.4 is 4.74 Å². The fraction of sp³-hybridized carbons (Fsp3) is 0.462. The van der Waals surface area contributed by atoms with E-state index >= 15 is 0 Å². The number of benzene rings is 1. The Morgan fingerprint density at radius 3 is 2.71 bits per heavy atom. The summed E-state index contributed by atoms with van der Waals surface area (Å²) in [7, 11) is 3.34. The SMILES string of the molecule is COc1cc(C(=O)N(C)CC(C)Cl)ccc1C. The van der Waals surface area contributed by atoms with Crippen LogP contribution in [-0.4, -0.2) is 36.9 Å². The first kappa shape index (κ1) is 13.8. The summed E-state index contributed by atoms with van der Waals surface area (Å²) < 4.78 is 5.20. The van der Waals surface area contributed by atoms with Crippen molar-refractivity contribution in [2.45, 2.75) is 19.2 Å². The predicted molar refractivity (Wildman–Crippen MR) is 70.0 cm³/mol. The molecule has 1 amide bonds. The highest BCUT2D eigenvalue weighted by Gasteiger charge is 2.14. The number of methoxy groups -OCH3 is 1. The van der Waals surface area contributed by atoms with Gasteiger partial charge in [-0.25, -0.2) is 0 Å². The zero-order valence-corrected chi connectivity index (χ0v) is 11.4. The molecule has 94 valence electrons. The monoisotopic (exact) mass is 255 g/mol. The number of aryl methyl sites for hydroxylation is 1. The quantitative estimate of drug-likeness (QED) is 0.775. The van der Waals surface area contributed by atoms with Crippen LogP contribution in [0.3, 0.4) is 0 Å². The molecule has 0 aliphatic heterocycles. The minimum atomic E-state index is -0.0590. The third-order valence-corrected chi connectivity index (χ3v) is 2.67. The van der Waals surface area contributed by atoms with Gasteiger partial charge in [-0.2, -0.15) is 0 Å². The molecule has 1 aromatic rings. The number of halogens is 1. The Morgan fingerprint density at radius 2 is 2.18 bits per heavy atom. The second kappa shape index (κ2) is 5.92. The van der Waals surface area contributed by atoms with Crippen molar-refractivity contribution in [2.24, 2.45) is 0 Å². The number of carbonyl (C=O) groups excluding carboxylic acids is 1. The van der Waals surface area contributed by atoms with Crippen molar-refractivity contribution in [1.82, 2.24) is 4.90 Å². The van der Waals surface area contributed by atoms with E-state index in [4.69, 9.17) is 16.3 Å². The molecule has 3 nitrogen and oxygen atoms in total. The molecular weight excluding hydrogens is 238 g/mol. The van der Waals surface area contributed by atoms with Gasteiger partial charge in [0, 0.05) is 24.5 Å². The lowest BCUT2D eigenvalue weighted by molar-refractivity contribution is 0.0796. The van der Waals surface area contributed by atoms with Gasteiger partial charge in [0.15, 0.2) is 0 Å². The molecular formula is C13H18ClNO2. The highest BCUT2D eigenvalue weighted by Crippen LogP contribution is 2.19. The number of nitrogens with zero attached hydrogens (tertiary/aromatic N) is 1. The van der Waals surface area contributed by atoms with E-state index in [9.17, 15) is 4.79 Å². The Labute approximate surface area is 107 Å². The van der Waals surface area contributed by atoms with Crippen molar-refractivity contribution >= 4 is 17.5 Å². The van der Waals surface area contributed by atoms with Crippen molar-refractivity contribution in [2.75, 3.05) is 20.7 Å². The molecule has 1 unspecified atom stereocenters. The summed E-state index contributed by atoms with van der Waals surface area (Å²) in [5, 5.41) is -0.0590. The third kappa shape index (κ3) is 3.63. The largest absolute Gasteiger partial charge is 0.496 e. The van der Waals surface area contributed by atoms with Gasteiger partial charge in [-0.05, 0) is 31.5 Å². The first-order valence-corrected chi connectivity index (χ1v) is 5.93. The van der Waals surface area contributed by atoms with Gasteiger partial charge < -0.3 is 9.64 Å². The molecule has 0 heterocycles. The van der Waals surface area contributed by atoms with Crippen LogP contribution in [0.4, 0.5) is 0 Å². The maximum atomic E-state index is 12.1. The lowest BCUT2D eigenvalue weighted by atomic mass is 10.1. The smallest absolute Gasteiger partial charge is 0.253 e. The Hall–Kier alpha value is -1.22. The van der Waals surface area contributed by atoms with Crippen molar-refractivity contribution in [3.8, 4) is 5.75 Å². The summed E-state index contributed by atoms with van der Waals surface area (Å²) in [5.74, 6) is 0.680. The molecule has 0 aliphatic rings. The van der Waals surface area contributed by atoms with Crippen LogP contribution >= 0.6 is 11.6 Å². The van der Waals surface area contributed by atoms with Gasteiger partial charge in [-0.3, -0.25) is 4.79 Å². The maximum absolute atomic E-state index is 12.1. The fourth-order valence-corrected chi connectivity index (χ4v) is 1.84. The Bertz CT molecular complexity index is 404.